The summed E-state index contributed by atoms with van der Waals surface area (Å²) in [6.45, 7) is 2.63. The lowest BCUT2D eigenvalue weighted by Crippen LogP contribution is -2.24. The maximum Gasteiger partial charge on any atom is 0.157 e. The number of rotatable bonds is 8. The largest absolute Gasteiger partial charge is 0.497 e. The first kappa shape index (κ1) is 29.2. The molecule has 218 valence electrons. The number of hydrogen-bond donors (Lipinski definition) is 1. The first-order valence-electron chi connectivity index (χ1n) is 14.0. The molecule has 2 aliphatic rings. The highest BCUT2D eigenvalue weighted by atomic mass is 79.9. The molecule has 2 aliphatic heterocycles. The topological polar surface area (TPSA) is 116 Å². The summed E-state index contributed by atoms with van der Waals surface area (Å²) in [7, 11) is 1.63. The molecule has 0 saturated carbocycles. The highest BCUT2D eigenvalue weighted by Crippen LogP contribution is 2.27. The van der Waals surface area contributed by atoms with Crippen LogP contribution in [0.4, 0.5) is 5.69 Å². The van der Waals surface area contributed by atoms with Crippen molar-refractivity contribution in [3.63, 3.8) is 0 Å². The Balaban J connectivity index is 0.000000167. The molecule has 2 saturated heterocycles. The second kappa shape index (κ2) is 14.6. The zero-order valence-corrected chi connectivity index (χ0v) is 24.8. The van der Waals surface area contributed by atoms with Crippen LogP contribution < -0.4 is 15.2 Å². The third-order valence-electron chi connectivity index (χ3n) is 6.79. The molecule has 0 amide bonds. The maximum absolute atomic E-state index is 5.81. The Morgan fingerprint density at radius 1 is 0.951 bits per heavy atom. The number of fused-ring (bicyclic) bond motifs is 1. The van der Waals surface area contributed by atoms with Crippen LogP contribution in [0.1, 0.15) is 44.8 Å². The van der Waals surface area contributed by atoms with Gasteiger partial charge in [0.1, 0.15) is 24.3 Å². The normalized spacial score (nSPS) is 18.9. The number of benzene rings is 2. The molecule has 2 aromatic heterocycles. The molecular formula is C30H36BrN5O5. The lowest BCUT2D eigenvalue weighted by molar-refractivity contribution is -0.165. The number of nitrogens with zero attached hydrogens (tertiary/aromatic N) is 4. The number of nitrogen functional groups attached to an aromatic ring is 1. The van der Waals surface area contributed by atoms with Gasteiger partial charge in [-0.1, -0.05) is 15.9 Å². The summed E-state index contributed by atoms with van der Waals surface area (Å²) < 4.78 is 30.4. The van der Waals surface area contributed by atoms with Gasteiger partial charge in [-0.3, -0.25) is 4.98 Å². The Labute approximate surface area is 248 Å². The summed E-state index contributed by atoms with van der Waals surface area (Å²) in [6.07, 6.45) is 12.1. The Bertz CT molecular complexity index is 1410. The third-order valence-corrected chi connectivity index (χ3v) is 7.25. The van der Waals surface area contributed by atoms with Crippen LogP contribution in [0.2, 0.25) is 0 Å². The second-order valence-corrected chi connectivity index (χ2v) is 10.8. The predicted octanol–water partition coefficient (Wildman–Crippen LogP) is 6.15. The average Bonchev–Trinajstić information content (AvgIpc) is 3.51. The van der Waals surface area contributed by atoms with Crippen LogP contribution >= 0.6 is 15.9 Å². The summed E-state index contributed by atoms with van der Waals surface area (Å²) in [5.41, 5.74) is 9.85. The van der Waals surface area contributed by atoms with Crippen LogP contribution in [-0.4, -0.2) is 59.6 Å². The molecule has 0 bridgehead atoms. The Kier molecular flexibility index (Phi) is 10.4. The van der Waals surface area contributed by atoms with E-state index in [9.17, 15) is 0 Å². The summed E-state index contributed by atoms with van der Waals surface area (Å²) in [5, 5.41) is 4.41. The molecule has 10 nitrogen and oxygen atoms in total. The standard InChI is InChI=1S/C16H17N5O.C14H19BrO4/c17-12-4-5-13-14(7-12)20-15(9-18-13)11-8-19-21(10-11)16-3-1-2-6-22-16;1-16-12-8-11(15)9-13(10-12)17-6-7-19-14-4-2-3-5-18-14/h4-5,7-10,16H,1-3,6,17H2;8-10,14H,2-7H2,1H3. The van der Waals surface area contributed by atoms with Crippen molar-refractivity contribution in [2.45, 2.75) is 51.0 Å². The fourth-order valence-electron chi connectivity index (χ4n) is 4.65. The highest BCUT2D eigenvalue weighted by molar-refractivity contribution is 9.10. The van der Waals surface area contributed by atoms with Crippen molar-refractivity contribution >= 4 is 32.7 Å². The Morgan fingerprint density at radius 3 is 2.56 bits per heavy atom. The van der Waals surface area contributed by atoms with Crippen molar-refractivity contribution < 1.29 is 23.7 Å². The van der Waals surface area contributed by atoms with E-state index in [1.54, 1.807) is 19.5 Å². The van der Waals surface area contributed by atoms with E-state index >= 15 is 0 Å². The minimum absolute atomic E-state index is 0.0339. The van der Waals surface area contributed by atoms with Crippen LogP contribution in [0.3, 0.4) is 0 Å². The predicted molar refractivity (Wildman–Crippen MR) is 160 cm³/mol. The van der Waals surface area contributed by atoms with E-state index in [0.29, 0.717) is 18.9 Å². The molecule has 2 aromatic carbocycles. The number of aromatic nitrogens is 4. The summed E-state index contributed by atoms with van der Waals surface area (Å²) in [4.78, 5) is 9.06. The van der Waals surface area contributed by atoms with E-state index in [2.05, 4.69) is 31.0 Å². The summed E-state index contributed by atoms with van der Waals surface area (Å²) in [6, 6.07) is 11.2. The number of hydrogen-bond acceptors (Lipinski definition) is 9. The first-order chi connectivity index (χ1) is 20.1. The summed E-state index contributed by atoms with van der Waals surface area (Å²) >= 11 is 3.41. The zero-order valence-electron chi connectivity index (χ0n) is 23.2. The molecule has 41 heavy (non-hydrogen) atoms. The van der Waals surface area contributed by atoms with E-state index in [-0.39, 0.29) is 12.5 Å². The van der Waals surface area contributed by atoms with Gasteiger partial charge in [0.2, 0.25) is 0 Å². The third kappa shape index (κ3) is 8.38. The van der Waals surface area contributed by atoms with Gasteiger partial charge >= 0.3 is 0 Å². The number of nitrogens with two attached hydrogens (primary N) is 1. The molecule has 11 heteroatoms. The fraction of sp³-hybridized carbons (Fsp3) is 0.433. The maximum atomic E-state index is 5.81. The van der Waals surface area contributed by atoms with Gasteiger partial charge in [0.25, 0.3) is 0 Å². The van der Waals surface area contributed by atoms with Crippen LogP contribution in [0, 0.1) is 0 Å². The molecule has 0 spiro atoms. The van der Waals surface area contributed by atoms with Crippen LogP contribution in [0.5, 0.6) is 11.5 Å². The second-order valence-electron chi connectivity index (χ2n) is 9.88. The molecule has 2 unspecified atom stereocenters. The van der Waals surface area contributed by atoms with Gasteiger partial charge in [-0.15, -0.1) is 0 Å². The van der Waals surface area contributed by atoms with E-state index in [1.807, 2.05) is 47.3 Å². The first-order valence-corrected chi connectivity index (χ1v) is 14.8. The molecule has 6 rings (SSSR count). The monoisotopic (exact) mass is 625 g/mol. The number of halogens is 1. The molecule has 4 heterocycles. The van der Waals surface area contributed by atoms with Crippen molar-refractivity contribution in [2.24, 2.45) is 0 Å². The SMILES string of the molecule is COc1cc(Br)cc(OCCOC2CCCCO2)c1.Nc1ccc2ncc(-c3cnn(C4CCCCO4)c3)nc2c1. The van der Waals surface area contributed by atoms with Gasteiger partial charge in [0.05, 0.1) is 42.8 Å². The molecular weight excluding hydrogens is 590 g/mol. The van der Waals surface area contributed by atoms with Crippen molar-refractivity contribution in [2.75, 3.05) is 39.3 Å². The van der Waals surface area contributed by atoms with E-state index < -0.39 is 0 Å². The lowest BCUT2D eigenvalue weighted by Gasteiger charge is -2.22. The van der Waals surface area contributed by atoms with E-state index in [1.165, 1.54) is 12.8 Å². The molecule has 2 N–H and O–H groups in total. The van der Waals surface area contributed by atoms with Gasteiger partial charge in [0.15, 0.2) is 6.29 Å². The van der Waals surface area contributed by atoms with Gasteiger partial charge in [-0.2, -0.15) is 5.10 Å². The highest BCUT2D eigenvalue weighted by Gasteiger charge is 2.17. The van der Waals surface area contributed by atoms with Crippen LogP contribution in [0.25, 0.3) is 22.3 Å². The van der Waals surface area contributed by atoms with Crippen molar-refractivity contribution in [3.8, 4) is 22.8 Å². The van der Waals surface area contributed by atoms with Gasteiger partial charge in [0, 0.05) is 41.2 Å². The number of ether oxygens (including phenoxy) is 5. The smallest absolute Gasteiger partial charge is 0.157 e. The van der Waals surface area contributed by atoms with Crippen LogP contribution in [-0.2, 0) is 14.2 Å². The Morgan fingerprint density at radius 2 is 1.78 bits per heavy atom. The number of anilines is 1. The van der Waals surface area contributed by atoms with Crippen molar-refractivity contribution in [3.05, 3.63) is 59.5 Å². The quantitative estimate of drug-likeness (QED) is 0.182. The molecule has 0 aliphatic carbocycles. The van der Waals surface area contributed by atoms with Gasteiger partial charge in [-0.25, -0.2) is 9.67 Å². The van der Waals surface area contributed by atoms with Crippen molar-refractivity contribution in [1.82, 2.24) is 19.7 Å². The molecule has 4 aromatic rings. The number of methoxy groups -OCH3 is 1. The van der Waals surface area contributed by atoms with Crippen molar-refractivity contribution in [1.29, 1.82) is 0 Å². The van der Waals surface area contributed by atoms with E-state index in [0.717, 1.165) is 77.2 Å². The molecule has 2 atom stereocenters. The summed E-state index contributed by atoms with van der Waals surface area (Å²) in [5.74, 6) is 1.53. The van der Waals surface area contributed by atoms with E-state index in [4.69, 9.17) is 29.4 Å². The minimum Gasteiger partial charge on any atom is -0.497 e. The lowest BCUT2D eigenvalue weighted by atomic mass is 10.2. The zero-order chi connectivity index (χ0) is 28.4. The van der Waals surface area contributed by atoms with Gasteiger partial charge < -0.3 is 29.4 Å². The molecule has 0 radical (unpaired) electrons. The fourth-order valence-corrected chi connectivity index (χ4v) is 5.10. The van der Waals surface area contributed by atoms with Gasteiger partial charge in [-0.05, 0) is 68.9 Å². The minimum atomic E-state index is -0.0607. The molecule has 2 fully saturated rings. The Hall–Kier alpha value is -3.25. The van der Waals surface area contributed by atoms with Crippen LogP contribution in [0.15, 0.2) is 59.5 Å². The average molecular weight is 627 g/mol.